The molecule has 0 aliphatic carbocycles. The van der Waals surface area contributed by atoms with Crippen molar-refractivity contribution in [2.24, 2.45) is 5.92 Å². The smallest absolute Gasteiger partial charge is 0.251 e. The zero-order chi connectivity index (χ0) is 26.9. The van der Waals surface area contributed by atoms with Crippen molar-refractivity contribution in [3.63, 3.8) is 0 Å². The number of hydrogen-bond acceptors (Lipinski definition) is 3. The number of benzene rings is 3. The van der Waals surface area contributed by atoms with E-state index >= 15 is 0 Å². The maximum atomic E-state index is 13.6. The first-order valence-electron chi connectivity index (χ1n) is 13.8. The first-order valence-corrected chi connectivity index (χ1v) is 14.2. The summed E-state index contributed by atoms with van der Waals surface area (Å²) in [5.74, 6) is 0.384. The molecule has 0 bridgehead atoms. The Kier molecular flexibility index (Phi) is 10.1. The van der Waals surface area contributed by atoms with Gasteiger partial charge in [-0.25, -0.2) is 0 Å². The van der Waals surface area contributed by atoms with Gasteiger partial charge in [-0.15, -0.1) is 5.01 Å². The Bertz CT molecular complexity index is 1220. The van der Waals surface area contributed by atoms with Crippen molar-refractivity contribution in [3.8, 4) is 0 Å². The highest BCUT2D eigenvalue weighted by Gasteiger charge is 2.38. The number of fused-ring (bicyclic) bond motifs is 1. The molecule has 1 amide bonds. The highest BCUT2D eigenvalue weighted by molar-refractivity contribution is 6.31. The summed E-state index contributed by atoms with van der Waals surface area (Å²) in [6.07, 6.45) is 4.77. The molecule has 0 radical (unpaired) electrons. The predicted octanol–water partition coefficient (Wildman–Crippen LogP) is 6.35. The maximum Gasteiger partial charge on any atom is 0.251 e. The van der Waals surface area contributed by atoms with Crippen LogP contribution in [-0.2, 0) is 0 Å². The molecule has 38 heavy (non-hydrogen) atoms. The second kappa shape index (κ2) is 13.7. The molecule has 1 aliphatic heterocycles. The average Bonchev–Trinajstić information content (AvgIpc) is 3.08. The third kappa shape index (κ3) is 7.33. The highest BCUT2D eigenvalue weighted by Crippen LogP contribution is 2.27. The van der Waals surface area contributed by atoms with E-state index in [0.717, 1.165) is 42.9 Å². The van der Waals surface area contributed by atoms with E-state index in [1.165, 1.54) is 10.4 Å². The second-order valence-electron chi connectivity index (χ2n) is 10.4. The van der Waals surface area contributed by atoms with Gasteiger partial charge in [0.15, 0.2) is 0 Å². The fourth-order valence-corrected chi connectivity index (χ4v) is 5.66. The van der Waals surface area contributed by atoms with E-state index in [-0.39, 0.29) is 30.4 Å². The molecule has 0 spiro atoms. The molecule has 1 heterocycles. The van der Waals surface area contributed by atoms with Crippen LogP contribution in [0.5, 0.6) is 0 Å². The first-order chi connectivity index (χ1) is 18.5. The fraction of sp³-hybridized carbons (Fsp3) is 0.452. The number of nitrogens with zero attached hydrogens (tertiary/aromatic N) is 2. The van der Waals surface area contributed by atoms with Gasteiger partial charge in [-0.2, -0.15) is 0 Å². The molecule has 1 aliphatic rings. The Labute approximate surface area is 230 Å². The van der Waals surface area contributed by atoms with Crippen LogP contribution in [0.4, 0.5) is 0 Å². The lowest BCUT2D eigenvalue weighted by Gasteiger charge is -2.22. The number of amides is 1. The summed E-state index contributed by atoms with van der Waals surface area (Å²) in [5.41, 5.74) is 1.87. The summed E-state index contributed by atoms with van der Waals surface area (Å²) in [5, 5.41) is 17.0. The first kappa shape index (κ1) is 28.1. The maximum absolute atomic E-state index is 13.6. The van der Waals surface area contributed by atoms with Crippen molar-refractivity contribution in [1.82, 2.24) is 10.3 Å². The summed E-state index contributed by atoms with van der Waals surface area (Å²) in [6, 6.07) is 21.5. The largest absolute Gasteiger partial charge is 0.396 e. The van der Waals surface area contributed by atoms with Gasteiger partial charge in [0.1, 0.15) is 4.87 Å². The molecule has 3 atom stereocenters. The number of carbonyl (C=O) groups excluding carboxylic acids is 1. The SMILES string of the molecule is CC[C@H](CN1CC[C@H](CNC(=O)c2ccc3cc(Cl)ccc3c2)C[C@H](CCCCO)[N+]1=O)c1ccccc1. The van der Waals surface area contributed by atoms with E-state index in [1.54, 1.807) is 0 Å². The van der Waals surface area contributed by atoms with Crippen LogP contribution < -0.4 is 5.32 Å². The number of rotatable bonds is 11. The van der Waals surface area contributed by atoms with E-state index in [0.29, 0.717) is 36.6 Å². The lowest BCUT2D eigenvalue weighted by atomic mass is 9.94. The minimum Gasteiger partial charge on any atom is -0.396 e. The summed E-state index contributed by atoms with van der Waals surface area (Å²) in [6.45, 7) is 4.19. The Morgan fingerprint density at radius 1 is 1.11 bits per heavy atom. The molecule has 0 aromatic heterocycles. The van der Waals surface area contributed by atoms with Gasteiger partial charge in [-0.3, -0.25) is 4.79 Å². The van der Waals surface area contributed by atoms with Crippen LogP contribution in [0.25, 0.3) is 10.8 Å². The van der Waals surface area contributed by atoms with Gasteiger partial charge >= 0.3 is 0 Å². The molecule has 0 saturated carbocycles. The number of nitroso groups, excluding NO2 is 1. The number of nitrogens with one attached hydrogen (secondary N) is 1. The number of aliphatic hydroxyl groups is 1. The Hall–Kier alpha value is -2.96. The molecule has 6 nitrogen and oxygen atoms in total. The number of aliphatic hydroxyl groups excluding tert-OH is 1. The molecule has 202 valence electrons. The summed E-state index contributed by atoms with van der Waals surface area (Å²) < 4.78 is 0. The Morgan fingerprint density at radius 2 is 1.87 bits per heavy atom. The van der Waals surface area contributed by atoms with Crippen LogP contribution in [0.2, 0.25) is 5.02 Å². The third-order valence-electron chi connectivity index (χ3n) is 7.75. The summed E-state index contributed by atoms with van der Waals surface area (Å²) in [4.78, 5) is 27.8. The zero-order valence-corrected chi connectivity index (χ0v) is 22.9. The van der Waals surface area contributed by atoms with Crippen molar-refractivity contribution in [1.29, 1.82) is 0 Å². The van der Waals surface area contributed by atoms with Gasteiger partial charge in [0.25, 0.3) is 5.91 Å². The Morgan fingerprint density at radius 3 is 2.63 bits per heavy atom. The van der Waals surface area contributed by atoms with Crippen LogP contribution in [0.15, 0.2) is 66.7 Å². The lowest BCUT2D eigenvalue weighted by molar-refractivity contribution is -0.734. The van der Waals surface area contributed by atoms with Gasteiger partial charge in [0.2, 0.25) is 6.04 Å². The molecule has 4 rings (SSSR count). The second-order valence-corrected chi connectivity index (χ2v) is 10.8. The van der Waals surface area contributed by atoms with Crippen LogP contribution in [0.1, 0.15) is 67.3 Å². The Balaban J connectivity index is 1.42. The summed E-state index contributed by atoms with van der Waals surface area (Å²) in [7, 11) is 0. The predicted molar refractivity (Wildman–Crippen MR) is 153 cm³/mol. The van der Waals surface area contributed by atoms with Gasteiger partial charge in [-0.05, 0) is 72.2 Å². The zero-order valence-electron chi connectivity index (χ0n) is 22.2. The van der Waals surface area contributed by atoms with Crippen molar-refractivity contribution in [2.45, 2.75) is 57.4 Å². The molecule has 2 N–H and O–H groups in total. The summed E-state index contributed by atoms with van der Waals surface area (Å²) >= 11 is 6.09. The van der Waals surface area contributed by atoms with E-state index in [1.807, 2.05) is 47.5 Å². The van der Waals surface area contributed by atoms with E-state index < -0.39 is 0 Å². The minimum absolute atomic E-state index is 0.103. The molecule has 0 unspecified atom stereocenters. The van der Waals surface area contributed by atoms with Crippen molar-refractivity contribution in [2.75, 3.05) is 26.2 Å². The van der Waals surface area contributed by atoms with Crippen LogP contribution in [0, 0.1) is 10.8 Å². The average molecular weight is 537 g/mol. The van der Waals surface area contributed by atoms with Crippen molar-refractivity contribution in [3.05, 3.63) is 87.8 Å². The number of hydrazine groups is 1. The third-order valence-corrected chi connectivity index (χ3v) is 7.98. The number of hydrogen-bond donors (Lipinski definition) is 2. The molecule has 3 aromatic rings. The monoisotopic (exact) mass is 536 g/mol. The number of unbranched alkanes of at least 4 members (excludes halogenated alkanes) is 1. The van der Waals surface area contributed by atoms with Crippen molar-refractivity contribution >= 4 is 28.3 Å². The van der Waals surface area contributed by atoms with Gasteiger partial charge in [0.05, 0.1) is 18.0 Å². The van der Waals surface area contributed by atoms with Gasteiger partial charge in [-0.1, -0.05) is 61.0 Å². The number of halogens is 1. The molecule has 7 heteroatoms. The molecular weight excluding hydrogens is 498 g/mol. The van der Waals surface area contributed by atoms with Gasteiger partial charge in [0, 0.05) is 42.5 Å². The van der Waals surface area contributed by atoms with Crippen molar-refractivity contribution < 1.29 is 14.8 Å². The lowest BCUT2D eigenvalue weighted by Crippen LogP contribution is -2.41. The highest BCUT2D eigenvalue weighted by atomic mass is 35.5. The topological polar surface area (TPSA) is 72.7 Å². The van der Waals surface area contributed by atoms with Crippen LogP contribution >= 0.6 is 11.6 Å². The fourth-order valence-electron chi connectivity index (χ4n) is 5.48. The molecule has 3 aromatic carbocycles. The molecule has 1 fully saturated rings. The minimum atomic E-state index is -0.162. The molecule has 1 saturated heterocycles. The van der Waals surface area contributed by atoms with Crippen LogP contribution in [0.3, 0.4) is 0 Å². The van der Waals surface area contributed by atoms with E-state index in [4.69, 9.17) is 11.6 Å². The van der Waals surface area contributed by atoms with Crippen LogP contribution in [-0.4, -0.2) is 53.2 Å². The number of carbonyl (C=O) groups is 1. The van der Waals surface area contributed by atoms with Gasteiger partial charge < -0.3 is 10.4 Å². The molecular formula is C31H39ClN3O3+. The standard InChI is InChI=1S/C31H38ClN3O3/c1-2-24(25-8-4-3-5-9-25)22-34-16-15-23(18-30(35(34)38)10-6-7-17-36)21-33-31(37)28-12-11-27-20-29(32)14-13-26(27)19-28/h3-5,8-9,11-14,19-20,23-24,30,36H,2,6-7,10,15-18,21-22H2,1H3/p+1/t23-,24+,30-/m0/s1. The quantitative estimate of drug-likeness (QED) is 0.221. The van der Waals surface area contributed by atoms with E-state index in [9.17, 15) is 14.8 Å². The normalized spacial score (nSPS) is 18.8. The van der Waals surface area contributed by atoms with E-state index in [2.05, 4.69) is 36.5 Å².